The predicted molar refractivity (Wildman–Crippen MR) is 99.8 cm³/mol. The first kappa shape index (κ1) is 19.2. The van der Waals surface area contributed by atoms with Gasteiger partial charge in [0, 0.05) is 32.4 Å². The summed E-state index contributed by atoms with van der Waals surface area (Å²) in [5.74, 6) is 0.284. The lowest BCUT2D eigenvalue weighted by molar-refractivity contribution is -0.137. The molecular weight excluding hydrogens is 385 g/mol. The molecule has 0 atom stereocenters. The highest BCUT2D eigenvalue weighted by molar-refractivity contribution is 5.92. The van der Waals surface area contributed by atoms with E-state index in [1.165, 1.54) is 6.07 Å². The zero-order chi connectivity index (χ0) is 20.8. The number of hydrogen-bond acceptors (Lipinski definition) is 5. The number of imidazole rings is 1. The molecule has 7 nitrogen and oxygen atoms in total. The molecule has 0 aliphatic carbocycles. The van der Waals surface area contributed by atoms with Gasteiger partial charge >= 0.3 is 6.18 Å². The van der Waals surface area contributed by atoms with Gasteiger partial charge in [-0.2, -0.15) is 18.3 Å². The molecule has 0 spiro atoms. The van der Waals surface area contributed by atoms with E-state index in [4.69, 9.17) is 0 Å². The molecule has 1 saturated heterocycles. The number of alkyl halides is 3. The lowest BCUT2D eigenvalue weighted by Gasteiger charge is -2.35. The number of pyridine rings is 1. The smallest absolute Gasteiger partial charge is 0.353 e. The van der Waals surface area contributed by atoms with E-state index in [0.29, 0.717) is 43.3 Å². The van der Waals surface area contributed by atoms with Crippen LogP contribution in [-0.2, 0) is 6.18 Å². The minimum absolute atomic E-state index is 0.183. The highest BCUT2D eigenvalue weighted by Gasteiger charge is 2.31. The molecule has 3 aromatic rings. The summed E-state index contributed by atoms with van der Waals surface area (Å²) in [7, 11) is 0. The summed E-state index contributed by atoms with van der Waals surface area (Å²) in [6, 6.07) is 5.81. The Kier molecular flexibility index (Phi) is 4.64. The Hall–Kier alpha value is -3.17. The fraction of sp³-hybridized carbons (Fsp3) is 0.368. The molecule has 152 valence electrons. The minimum Gasteiger partial charge on any atom is -0.353 e. The quantitative estimate of drug-likeness (QED) is 0.657. The average Bonchev–Trinajstić information content (AvgIpc) is 3.00. The number of halogens is 3. The van der Waals surface area contributed by atoms with Crippen molar-refractivity contribution < 1.29 is 18.0 Å². The van der Waals surface area contributed by atoms with Gasteiger partial charge in [-0.25, -0.2) is 14.5 Å². The van der Waals surface area contributed by atoms with Crippen molar-refractivity contribution in [1.82, 2.24) is 24.5 Å². The van der Waals surface area contributed by atoms with E-state index in [1.807, 2.05) is 18.7 Å². The molecule has 3 aromatic heterocycles. The zero-order valence-electron chi connectivity index (χ0n) is 15.9. The van der Waals surface area contributed by atoms with Gasteiger partial charge in [0.1, 0.15) is 11.5 Å². The van der Waals surface area contributed by atoms with Crippen molar-refractivity contribution in [3.05, 3.63) is 53.1 Å². The molecule has 10 heteroatoms. The van der Waals surface area contributed by atoms with Gasteiger partial charge in [-0.1, -0.05) is 0 Å². The van der Waals surface area contributed by atoms with Crippen molar-refractivity contribution in [3.8, 4) is 0 Å². The van der Waals surface area contributed by atoms with Crippen molar-refractivity contribution in [3.63, 3.8) is 0 Å². The number of carbonyl (C=O) groups is 1. The monoisotopic (exact) mass is 404 g/mol. The number of aromatic nitrogens is 4. The van der Waals surface area contributed by atoms with Gasteiger partial charge in [-0.05, 0) is 38.1 Å². The summed E-state index contributed by atoms with van der Waals surface area (Å²) in [4.78, 5) is 24.7. The summed E-state index contributed by atoms with van der Waals surface area (Å²) in [6.07, 6.45) is -3.57. The van der Waals surface area contributed by atoms with Gasteiger partial charge in [0.05, 0.1) is 17.0 Å². The van der Waals surface area contributed by atoms with E-state index in [9.17, 15) is 18.0 Å². The van der Waals surface area contributed by atoms with Gasteiger partial charge in [0.15, 0.2) is 5.65 Å². The Balaban J connectivity index is 1.44. The summed E-state index contributed by atoms with van der Waals surface area (Å²) >= 11 is 0. The molecule has 0 N–H and O–H groups in total. The summed E-state index contributed by atoms with van der Waals surface area (Å²) in [5, 5.41) is 4.41. The van der Waals surface area contributed by atoms with Crippen LogP contribution >= 0.6 is 0 Å². The van der Waals surface area contributed by atoms with Crippen LogP contribution in [0.4, 0.5) is 19.0 Å². The molecule has 1 aliphatic rings. The van der Waals surface area contributed by atoms with Gasteiger partial charge in [-0.3, -0.25) is 4.79 Å². The third-order valence-electron chi connectivity index (χ3n) is 5.12. The van der Waals surface area contributed by atoms with Gasteiger partial charge < -0.3 is 9.80 Å². The van der Waals surface area contributed by atoms with E-state index < -0.39 is 11.7 Å². The number of hydrogen-bond donors (Lipinski definition) is 0. The Labute approximate surface area is 164 Å². The third-order valence-corrected chi connectivity index (χ3v) is 5.12. The molecule has 29 heavy (non-hydrogen) atoms. The van der Waals surface area contributed by atoms with Crippen molar-refractivity contribution in [2.45, 2.75) is 20.0 Å². The molecule has 0 unspecified atom stereocenters. The average molecular weight is 404 g/mol. The first-order valence-electron chi connectivity index (χ1n) is 9.14. The Morgan fingerprint density at radius 1 is 1.03 bits per heavy atom. The van der Waals surface area contributed by atoms with Crippen molar-refractivity contribution in [2.24, 2.45) is 0 Å². The molecule has 4 heterocycles. The number of aryl methyl sites for hydroxylation is 2. The second kappa shape index (κ2) is 7.02. The maximum Gasteiger partial charge on any atom is 0.417 e. The fourth-order valence-electron chi connectivity index (χ4n) is 3.31. The van der Waals surface area contributed by atoms with E-state index in [-0.39, 0.29) is 5.91 Å². The van der Waals surface area contributed by atoms with Crippen molar-refractivity contribution in [1.29, 1.82) is 0 Å². The van der Waals surface area contributed by atoms with Gasteiger partial charge in [-0.15, -0.1) is 0 Å². The standard InChI is InChI=1S/C19H19F3N6O/c1-12-13(2)28-17(24-12)6-4-15(25-28)18(29)27-9-7-26(8-10-27)16-5-3-14(11-23-16)19(20,21)22/h3-6,11H,7-10H2,1-2H3. The van der Waals surface area contributed by atoms with Crippen LogP contribution in [0.3, 0.4) is 0 Å². The van der Waals surface area contributed by atoms with E-state index >= 15 is 0 Å². The lowest BCUT2D eigenvalue weighted by Crippen LogP contribution is -2.49. The second-order valence-electron chi connectivity index (χ2n) is 6.95. The number of carbonyl (C=O) groups excluding carboxylic acids is 1. The van der Waals surface area contributed by atoms with Gasteiger partial charge in [0.25, 0.3) is 5.91 Å². The van der Waals surface area contributed by atoms with Crippen LogP contribution in [0.25, 0.3) is 5.65 Å². The number of piperazine rings is 1. The van der Waals surface area contributed by atoms with Crippen LogP contribution in [-0.4, -0.2) is 56.6 Å². The molecule has 0 bridgehead atoms. The van der Waals surface area contributed by atoms with E-state index in [1.54, 1.807) is 21.5 Å². The highest BCUT2D eigenvalue weighted by Crippen LogP contribution is 2.29. The molecule has 0 saturated carbocycles. The molecule has 1 fully saturated rings. The minimum atomic E-state index is -4.41. The molecular formula is C19H19F3N6O. The second-order valence-corrected chi connectivity index (χ2v) is 6.95. The van der Waals surface area contributed by atoms with Crippen LogP contribution in [0.1, 0.15) is 27.4 Å². The van der Waals surface area contributed by atoms with Crippen LogP contribution in [0.2, 0.25) is 0 Å². The number of anilines is 1. The summed E-state index contributed by atoms with van der Waals surface area (Å²) in [5.41, 5.74) is 1.99. The lowest BCUT2D eigenvalue weighted by atomic mass is 10.2. The maximum atomic E-state index is 12.8. The number of amides is 1. The topological polar surface area (TPSA) is 66.6 Å². The van der Waals surface area contributed by atoms with E-state index in [2.05, 4.69) is 15.1 Å². The Morgan fingerprint density at radius 3 is 2.38 bits per heavy atom. The summed E-state index contributed by atoms with van der Waals surface area (Å²) in [6.45, 7) is 5.62. The number of nitrogens with zero attached hydrogens (tertiary/aromatic N) is 6. The molecule has 0 aromatic carbocycles. The van der Waals surface area contributed by atoms with Crippen LogP contribution in [0.15, 0.2) is 30.5 Å². The Bertz CT molecular complexity index is 1050. The molecule has 0 radical (unpaired) electrons. The van der Waals surface area contributed by atoms with Crippen LogP contribution < -0.4 is 4.90 Å². The first-order valence-corrected chi connectivity index (χ1v) is 9.14. The Morgan fingerprint density at radius 2 is 1.76 bits per heavy atom. The SMILES string of the molecule is Cc1nc2ccc(C(=O)N3CCN(c4ccc(C(F)(F)F)cn4)CC3)nn2c1C. The largest absolute Gasteiger partial charge is 0.417 e. The molecule has 1 amide bonds. The normalized spacial score (nSPS) is 15.2. The highest BCUT2D eigenvalue weighted by atomic mass is 19.4. The van der Waals surface area contributed by atoms with Crippen molar-refractivity contribution in [2.75, 3.05) is 31.1 Å². The molecule has 4 rings (SSSR count). The van der Waals surface area contributed by atoms with E-state index in [0.717, 1.165) is 23.7 Å². The zero-order valence-corrected chi connectivity index (χ0v) is 15.9. The number of fused-ring (bicyclic) bond motifs is 1. The van der Waals surface area contributed by atoms with Gasteiger partial charge in [0.2, 0.25) is 0 Å². The fourth-order valence-corrected chi connectivity index (χ4v) is 3.31. The summed E-state index contributed by atoms with van der Waals surface area (Å²) < 4.78 is 39.7. The predicted octanol–water partition coefficient (Wildman–Crippen LogP) is 2.72. The third kappa shape index (κ3) is 3.62. The van der Waals surface area contributed by atoms with Crippen LogP contribution in [0.5, 0.6) is 0 Å². The maximum absolute atomic E-state index is 12.8. The first-order chi connectivity index (χ1) is 13.7. The molecule has 1 aliphatic heterocycles. The van der Waals surface area contributed by atoms with Crippen molar-refractivity contribution >= 4 is 17.4 Å². The van der Waals surface area contributed by atoms with Crippen LogP contribution in [0, 0.1) is 13.8 Å². The number of rotatable bonds is 2.